The number of rotatable bonds is 6. The molecule has 0 spiro atoms. The van der Waals surface area contributed by atoms with Crippen LogP contribution < -0.4 is 5.32 Å². The standard InChI is InChI=1S/C26H24N4O2S/c1-2-32-23(31)17-30-25(24(28-26(30)33)21-10-5-6-14-27-21)22-11-7-15-29(22)20-13-12-18-8-3-4-9-19(18)16-20/h3-16,24-25H,2,17H2,1H3,(H,28,33)/t24-,25-/m0/s1. The molecule has 7 heteroatoms. The Hall–Kier alpha value is -3.71. The Kier molecular flexibility index (Phi) is 5.79. The molecule has 0 bridgehead atoms. The Bertz CT molecular complexity index is 1300. The molecule has 1 saturated heterocycles. The van der Waals surface area contributed by atoms with Crippen LogP contribution in [0.15, 0.2) is 85.2 Å². The molecular formula is C26H24N4O2S. The fourth-order valence-corrected chi connectivity index (χ4v) is 4.74. The molecular weight excluding hydrogens is 432 g/mol. The number of hydrogen-bond donors (Lipinski definition) is 1. The van der Waals surface area contributed by atoms with Crippen LogP contribution in [-0.2, 0) is 9.53 Å². The molecule has 0 aliphatic carbocycles. The van der Waals surface area contributed by atoms with E-state index in [1.54, 1.807) is 13.1 Å². The summed E-state index contributed by atoms with van der Waals surface area (Å²) in [5, 5.41) is 6.25. The van der Waals surface area contributed by atoms with Gasteiger partial charge in [0.1, 0.15) is 6.54 Å². The fourth-order valence-electron chi connectivity index (χ4n) is 4.44. The van der Waals surface area contributed by atoms with E-state index in [9.17, 15) is 4.79 Å². The first-order valence-electron chi connectivity index (χ1n) is 11.0. The molecule has 5 rings (SSSR count). The van der Waals surface area contributed by atoms with Crippen LogP contribution in [-0.4, -0.2) is 38.7 Å². The molecule has 0 saturated carbocycles. The van der Waals surface area contributed by atoms with Gasteiger partial charge in [-0.1, -0.05) is 36.4 Å². The minimum absolute atomic E-state index is 0.0660. The van der Waals surface area contributed by atoms with Crippen molar-refractivity contribution in [2.24, 2.45) is 0 Å². The van der Waals surface area contributed by atoms with Gasteiger partial charge >= 0.3 is 5.97 Å². The molecule has 6 nitrogen and oxygen atoms in total. The highest BCUT2D eigenvalue weighted by Crippen LogP contribution is 2.39. The summed E-state index contributed by atoms with van der Waals surface area (Å²) in [5.41, 5.74) is 2.92. The molecule has 2 aromatic carbocycles. The van der Waals surface area contributed by atoms with E-state index in [4.69, 9.17) is 17.0 Å². The Morgan fingerprint density at radius 1 is 1.06 bits per heavy atom. The molecule has 0 amide bonds. The summed E-state index contributed by atoms with van der Waals surface area (Å²) in [6.07, 6.45) is 3.81. The summed E-state index contributed by atoms with van der Waals surface area (Å²) in [7, 11) is 0. The summed E-state index contributed by atoms with van der Waals surface area (Å²) in [4.78, 5) is 18.9. The lowest BCUT2D eigenvalue weighted by atomic mass is 10.0. The van der Waals surface area contributed by atoms with Crippen molar-refractivity contribution < 1.29 is 9.53 Å². The first kappa shape index (κ1) is 21.2. The van der Waals surface area contributed by atoms with E-state index in [0.717, 1.165) is 17.1 Å². The van der Waals surface area contributed by atoms with Gasteiger partial charge in [-0.05, 0) is 66.3 Å². The lowest BCUT2D eigenvalue weighted by molar-refractivity contribution is -0.143. The monoisotopic (exact) mass is 456 g/mol. The molecule has 3 heterocycles. The smallest absolute Gasteiger partial charge is 0.325 e. The van der Waals surface area contributed by atoms with Crippen LogP contribution in [0.4, 0.5) is 0 Å². The summed E-state index contributed by atoms with van der Waals surface area (Å²) >= 11 is 5.66. The van der Waals surface area contributed by atoms with Crippen LogP contribution in [0.5, 0.6) is 0 Å². The van der Waals surface area contributed by atoms with Gasteiger partial charge in [0, 0.05) is 23.8 Å². The number of hydrogen-bond acceptors (Lipinski definition) is 4. The second-order valence-electron chi connectivity index (χ2n) is 7.89. The molecule has 0 unspecified atom stereocenters. The van der Waals surface area contributed by atoms with Crippen LogP contribution in [0.25, 0.3) is 16.5 Å². The molecule has 1 aliphatic rings. The third-order valence-corrected chi connectivity index (χ3v) is 6.25. The maximum Gasteiger partial charge on any atom is 0.325 e. The van der Waals surface area contributed by atoms with Gasteiger partial charge in [0.05, 0.1) is 24.4 Å². The normalized spacial score (nSPS) is 17.8. The highest BCUT2D eigenvalue weighted by molar-refractivity contribution is 7.80. The number of ether oxygens (including phenoxy) is 1. The fraction of sp³-hybridized carbons (Fsp3) is 0.192. The van der Waals surface area contributed by atoms with Crippen molar-refractivity contribution in [2.45, 2.75) is 19.0 Å². The molecule has 33 heavy (non-hydrogen) atoms. The SMILES string of the molecule is CCOC(=O)CN1C(=S)N[C@@H](c2ccccn2)[C@@H]1c1cccn1-c1ccc2ccccc2c1. The van der Waals surface area contributed by atoms with Crippen molar-refractivity contribution in [1.82, 2.24) is 19.8 Å². The van der Waals surface area contributed by atoms with Crippen molar-refractivity contribution in [3.05, 3.63) is 96.6 Å². The largest absolute Gasteiger partial charge is 0.465 e. The predicted molar refractivity (Wildman–Crippen MR) is 132 cm³/mol. The van der Waals surface area contributed by atoms with Crippen LogP contribution >= 0.6 is 12.2 Å². The first-order valence-corrected chi connectivity index (χ1v) is 11.4. The molecule has 1 N–H and O–H groups in total. The van der Waals surface area contributed by atoms with Gasteiger partial charge in [-0.3, -0.25) is 9.78 Å². The number of fused-ring (bicyclic) bond motifs is 1. The zero-order chi connectivity index (χ0) is 22.8. The van der Waals surface area contributed by atoms with Gasteiger partial charge in [-0.15, -0.1) is 0 Å². The third kappa shape index (κ3) is 4.07. The lowest BCUT2D eigenvalue weighted by Crippen LogP contribution is -2.36. The Labute approximate surface area is 197 Å². The molecule has 1 fully saturated rings. The maximum absolute atomic E-state index is 12.4. The maximum atomic E-state index is 12.4. The van der Waals surface area contributed by atoms with E-state index in [-0.39, 0.29) is 24.6 Å². The Morgan fingerprint density at radius 2 is 1.88 bits per heavy atom. The van der Waals surface area contributed by atoms with E-state index in [1.165, 1.54) is 10.8 Å². The average Bonchev–Trinajstić information content (AvgIpc) is 3.44. The van der Waals surface area contributed by atoms with E-state index in [2.05, 4.69) is 51.3 Å². The van der Waals surface area contributed by atoms with Gasteiger partial charge < -0.3 is 19.5 Å². The summed E-state index contributed by atoms with van der Waals surface area (Å²) in [6, 6.07) is 24.2. The van der Waals surface area contributed by atoms with E-state index < -0.39 is 0 Å². The minimum atomic E-state index is -0.308. The summed E-state index contributed by atoms with van der Waals surface area (Å²) in [5.74, 6) is -0.308. The van der Waals surface area contributed by atoms with Crippen molar-refractivity contribution in [2.75, 3.05) is 13.2 Å². The van der Waals surface area contributed by atoms with Gasteiger partial charge in [0.2, 0.25) is 0 Å². The molecule has 4 aromatic rings. The van der Waals surface area contributed by atoms with Crippen LogP contribution in [0.3, 0.4) is 0 Å². The number of aromatic nitrogens is 2. The van der Waals surface area contributed by atoms with E-state index >= 15 is 0 Å². The Balaban J connectivity index is 1.59. The molecule has 166 valence electrons. The number of pyridine rings is 1. The van der Waals surface area contributed by atoms with Crippen LogP contribution in [0.1, 0.15) is 30.4 Å². The number of carbonyl (C=O) groups excluding carboxylic acids is 1. The number of carbonyl (C=O) groups is 1. The summed E-state index contributed by atoms with van der Waals surface area (Å²) < 4.78 is 7.39. The van der Waals surface area contributed by atoms with Crippen molar-refractivity contribution >= 4 is 34.1 Å². The molecule has 1 aliphatic heterocycles. The predicted octanol–water partition coefficient (Wildman–Crippen LogP) is 4.56. The van der Waals surface area contributed by atoms with Crippen LogP contribution in [0.2, 0.25) is 0 Å². The second-order valence-corrected chi connectivity index (χ2v) is 8.28. The van der Waals surface area contributed by atoms with E-state index in [1.807, 2.05) is 47.5 Å². The van der Waals surface area contributed by atoms with Gasteiger partial charge in [-0.25, -0.2) is 0 Å². The molecule has 2 aromatic heterocycles. The number of benzene rings is 2. The highest BCUT2D eigenvalue weighted by Gasteiger charge is 2.42. The molecule has 2 atom stereocenters. The van der Waals surface area contributed by atoms with Crippen molar-refractivity contribution in [3.63, 3.8) is 0 Å². The average molecular weight is 457 g/mol. The van der Waals surface area contributed by atoms with Crippen molar-refractivity contribution in [3.8, 4) is 5.69 Å². The minimum Gasteiger partial charge on any atom is -0.465 e. The number of nitrogens with zero attached hydrogens (tertiary/aromatic N) is 3. The highest BCUT2D eigenvalue weighted by atomic mass is 32.1. The number of nitrogens with one attached hydrogen (secondary N) is 1. The Morgan fingerprint density at radius 3 is 2.67 bits per heavy atom. The van der Waals surface area contributed by atoms with Crippen molar-refractivity contribution in [1.29, 1.82) is 0 Å². The quantitative estimate of drug-likeness (QED) is 0.339. The topological polar surface area (TPSA) is 59.4 Å². The van der Waals surface area contributed by atoms with Gasteiger partial charge in [0.15, 0.2) is 5.11 Å². The zero-order valence-corrected chi connectivity index (χ0v) is 19.0. The summed E-state index contributed by atoms with van der Waals surface area (Å²) in [6.45, 7) is 2.20. The second kappa shape index (κ2) is 9.03. The number of thiocarbonyl (C=S) groups is 1. The van der Waals surface area contributed by atoms with E-state index in [0.29, 0.717) is 11.7 Å². The third-order valence-electron chi connectivity index (χ3n) is 5.90. The van der Waals surface area contributed by atoms with Crippen LogP contribution in [0, 0.1) is 0 Å². The molecule has 0 radical (unpaired) electrons. The zero-order valence-electron chi connectivity index (χ0n) is 18.2. The number of esters is 1. The van der Waals surface area contributed by atoms with Gasteiger partial charge in [0.25, 0.3) is 0 Å². The van der Waals surface area contributed by atoms with Gasteiger partial charge in [-0.2, -0.15) is 0 Å². The lowest BCUT2D eigenvalue weighted by Gasteiger charge is -2.28. The first-order chi connectivity index (χ1) is 16.2.